The molecule has 17 heteroatoms. The van der Waals surface area contributed by atoms with Gasteiger partial charge in [-0.25, -0.2) is 4.79 Å². The van der Waals surface area contributed by atoms with Gasteiger partial charge in [0.05, 0.1) is 0 Å². The Labute approximate surface area is 210 Å². The fourth-order valence-corrected chi connectivity index (χ4v) is 3.99. The maximum absolute atomic E-state index is 13.4. The number of rotatable bonds is 6. The number of carboxylic acid groups (broad SMARTS) is 1. The monoisotopic (exact) mass is 558 g/mol. The third-order valence-electron chi connectivity index (χ3n) is 5.39. The molecule has 1 aliphatic heterocycles. The number of aliphatic hydroxyl groups is 3. The van der Waals surface area contributed by atoms with E-state index >= 15 is 0 Å². The maximum Gasteiger partial charge on any atom is 0.446 e. The molecule has 0 radical (unpaired) electrons. The Morgan fingerprint density at radius 3 is 2.21 bits per heavy atom. The van der Waals surface area contributed by atoms with Crippen molar-refractivity contribution >= 4 is 27.3 Å². The number of aromatic hydroxyl groups is 3. The minimum Gasteiger partial charge on any atom is -0.507 e. The second kappa shape index (κ2) is 9.63. The number of hydrogen-bond donors (Lipinski definition) is 8. The second-order valence-electron chi connectivity index (χ2n) is 7.97. The van der Waals surface area contributed by atoms with Crippen LogP contribution in [0.2, 0.25) is 0 Å². The van der Waals surface area contributed by atoms with Crippen molar-refractivity contribution < 1.29 is 71.6 Å². The van der Waals surface area contributed by atoms with Gasteiger partial charge in [-0.15, -0.1) is 0 Å². The van der Waals surface area contributed by atoms with Crippen LogP contribution in [0.4, 0.5) is 0 Å². The van der Waals surface area contributed by atoms with E-state index in [2.05, 4.69) is 4.18 Å². The Hall–Kier alpha value is -4.13. The molecular weight excluding hydrogens is 540 g/mol. The SMILES string of the molecule is O=C(O)C1OC(Oc2c(-c3ccc(O)c(O)c3)oc3cc(OS(=O)(=O)O)cc(O)c3c2=O)C(O)C(O)C1O. The predicted octanol–water partition coefficient (Wildman–Crippen LogP) is -0.971. The van der Waals surface area contributed by atoms with Crippen molar-refractivity contribution in [3.63, 3.8) is 0 Å². The average molecular weight is 558 g/mol. The molecule has 0 bridgehead atoms. The third-order valence-corrected chi connectivity index (χ3v) is 5.80. The molecule has 1 aliphatic rings. The van der Waals surface area contributed by atoms with Gasteiger partial charge in [-0.1, -0.05) is 0 Å². The van der Waals surface area contributed by atoms with Crippen molar-refractivity contribution in [3.05, 3.63) is 40.6 Å². The van der Waals surface area contributed by atoms with Gasteiger partial charge in [0.2, 0.25) is 17.5 Å². The molecule has 5 unspecified atom stereocenters. The summed E-state index contributed by atoms with van der Waals surface area (Å²) in [5.41, 5.74) is -1.91. The molecule has 38 heavy (non-hydrogen) atoms. The minimum atomic E-state index is -5.05. The van der Waals surface area contributed by atoms with E-state index in [1.165, 1.54) is 0 Å². The first-order chi connectivity index (χ1) is 17.7. The Kier molecular flexibility index (Phi) is 6.82. The van der Waals surface area contributed by atoms with Gasteiger partial charge >= 0.3 is 16.4 Å². The molecule has 3 aromatic rings. The smallest absolute Gasteiger partial charge is 0.446 e. The number of benzene rings is 2. The summed E-state index contributed by atoms with van der Waals surface area (Å²) in [5.74, 6) is -6.06. The molecule has 0 spiro atoms. The summed E-state index contributed by atoms with van der Waals surface area (Å²) in [7, 11) is -5.05. The number of phenols is 3. The van der Waals surface area contributed by atoms with Gasteiger partial charge in [0.15, 0.2) is 29.1 Å². The number of aliphatic hydroxyl groups excluding tert-OH is 3. The largest absolute Gasteiger partial charge is 0.507 e. The topological polar surface area (TPSA) is 271 Å². The average Bonchev–Trinajstić information content (AvgIpc) is 2.80. The normalized spacial score (nSPS) is 23.7. The van der Waals surface area contributed by atoms with E-state index < -0.39 is 98.0 Å². The molecule has 1 fully saturated rings. The zero-order chi connectivity index (χ0) is 28.1. The minimum absolute atomic E-state index is 0.171. The summed E-state index contributed by atoms with van der Waals surface area (Å²) >= 11 is 0. The Bertz CT molecular complexity index is 1580. The molecule has 4 rings (SSSR count). The van der Waals surface area contributed by atoms with Gasteiger partial charge in [0.1, 0.15) is 35.0 Å². The summed E-state index contributed by atoms with van der Waals surface area (Å²) in [6.45, 7) is 0. The van der Waals surface area contributed by atoms with Gasteiger partial charge < -0.3 is 53.8 Å². The molecule has 5 atom stereocenters. The molecule has 0 aliphatic carbocycles. The summed E-state index contributed by atoms with van der Waals surface area (Å²) < 4.78 is 51.3. The lowest BCUT2D eigenvalue weighted by atomic mass is 9.99. The van der Waals surface area contributed by atoms with Gasteiger partial charge in [-0.2, -0.15) is 8.42 Å². The molecule has 204 valence electrons. The van der Waals surface area contributed by atoms with Crippen LogP contribution in [0.25, 0.3) is 22.3 Å². The Balaban J connectivity index is 1.93. The highest BCUT2D eigenvalue weighted by atomic mass is 32.3. The van der Waals surface area contributed by atoms with E-state index in [0.717, 1.165) is 24.3 Å². The van der Waals surface area contributed by atoms with E-state index in [1.807, 2.05) is 0 Å². The summed E-state index contributed by atoms with van der Waals surface area (Å²) in [5, 5.41) is 68.8. The van der Waals surface area contributed by atoms with Crippen LogP contribution >= 0.6 is 0 Å². The molecule has 0 saturated carbocycles. The first-order valence-electron chi connectivity index (χ1n) is 10.3. The second-order valence-corrected chi connectivity index (χ2v) is 8.99. The van der Waals surface area contributed by atoms with Crippen LogP contribution < -0.4 is 14.3 Å². The number of aliphatic carboxylic acids is 1. The molecule has 1 saturated heterocycles. The van der Waals surface area contributed by atoms with Crippen molar-refractivity contribution in [2.24, 2.45) is 0 Å². The fourth-order valence-electron chi connectivity index (χ4n) is 3.65. The van der Waals surface area contributed by atoms with Crippen molar-refractivity contribution in [1.29, 1.82) is 0 Å². The highest BCUT2D eigenvalue weighted by molar-refractivity contribution is 7.81. The molecule has 8 N–H and O–H groups in total. The summed E-state index contributed by atoms with van der Waals surface area (Å²) in [6, 6.07) is 4.45. The van der Waals surface area contributed by atoms with Gasteiger partial charge in [0, 0.05) is 17.7 Å². The highest BCUT2D eigenvalue weighted by Gasteiger charge is 2.48. The first-order valence-corrected chi connectivity index (χ1v) is 11.7. The van der Waals surface area contributed by atoms with Gasteiger partial charge in [-0.3, -0.25) is 9.35 Å². The first kappa shape index (κ1) is 26.9. The van der Waals surface area contributed by atoms with Crippen molar-refractivity contribution in [1.82, 2.24) is 0 Å². The lowest BCUT2D eigenvalue weighted by Crippen LogP contribution is -2.61. The van der Waals surface area contributed by atoms with Crippen molar-refractivity contribution in [2.45, 2.75) is 30.7 Å². The van der Waals surface area contributed by atoms with Crippen LogP contribution in [0.15, 0.2) is 39.5 Å². The standard InChI is InChI=1S/C21H18O16S/c22-8-2-1-6(3-9(8)23)17-18(35-21-16(28)14(26)15(27)19(36-21)20(29)30)13(25)12-10(24)4-7(5-11(12)34-17)37-38(31,32)33/h1-5,14-16,19,21-24,26-28H,(H,29,30)(H,31,32,33). The zero-order valence-electron chi connectivity index (χ0n) is 18.5. The van der Waals surface area contributed by atoms with Crippen LogP contribution in [0.1, 0.15) is 0 Å². The Morgan fingerprint density at radius 1 is 0.921 bits per heavy atom. The molecule has 2 aromatic carbocycles. The summed E-state index contributed by atoms with van der Waals surface area (Å²) in [6.07, 6.45) is -10.5. The summed E-state index contributed by atoms with van der Waals surface area (Å²) in [4.78, 5) is 24.8. The van der Waals surface area contributed by atoms with E-state index in [-0.39, 0.29) is 5.56 Å². The van der Waals surface area contributed by atoms with E-state index in [1.54, 1.807) is 0 Å². The number of fused-ring (bicyclic) bond motifs is 1. The number of ether oxygens (including phenoxy) is 2. The van der Waals surface area contributed by atoms with E-state index in [9.17, 15) is 53.8 Å². The lowest BCUT2D eigenvalue weighted by molar-refractivity contribution is -0.271. The van der Waals surface area contributed by atoms with Crippen LogP contribution in [0.3, 0.4) is 0 Å². The van der Waals surface area contributed by atoms with Crippen molar-refractivity contribution in [3.8, 4) is 40.1 Å². The maximum atomic E-state index is 13.4. The highest BCUT2D eigenvalue weighted by Crippen LogP contribution is 2.39. The van der Waals surface area contributed by atoms with Crippen LogP contribution in [0.5, 0.6) is 28.7 Å². The zero-order valence-corrected chi connectivity index (χ0v) is 19.3. The van der Waals surface area contributed by atoms with E-state index in [0.29, 0.717) is 6.07 Å². The Morgan fingerprint density at radius 2 is 1.61 bits per heavy atom. The number of phenolic OH excluding ortho intramolecular Hbond substituents is 3. The quantitative estimate of drug-likeness (QED) is 0.133. The van der Waals surface area contributed by atoms with Crippen LogP contribution in [0, 0.1) is 0 Å². The van der Waals surface area contributed by atoms with Crippen LogP contribution in [-0.4, -0.2) is 85.4 Å². The molecule has 1 aromatic heterocycles. The molecule has 2 heterocycles. The van der Waals surface area contributed by atoms with Crippen LogP contribution in [-0.2, 0) is 19.9 Å². The third kappa shape index (κ3) is 5.01. The predicted molar refractivity (Wildman–Crippen MR) is 120 cm³/mol. The molecule has 0 amide bonds. The number of carboxylic acids is 1. The van der Waals surface area contributed by atoms with Gasteiger partial charge in [0.25, 0.3) is 0 Å². The lowest BCUT2D eigenvalue weighted by Gasteiger charge is -2.38. The van der Waals surface area contributed by atoms with Crippen molar-refractivity contribution in [2.75, 3.05) is 0 Å². The fraction of sp³-hybridized carbons (Fsp3) is 0.238. The van der Waals surface area contributed by atoms with Gasteiger partial charge in [-0.05, 0) is 18.2 Å². The van der Waals surface area contributed by atoms with E-state index in [4.69, 9.17) is 18.4 Å². The number of carbonyl (C=O) groups is 1. The molecular formula is C21H18O16S. The number of hydrogen-bond acceptors (Lipinski definition) is 14. The molecule has 16 nitrogen and oxygen atoms in total.